The largest absolute Gasteiger partial charge is 0.0885 e. The molecule has 1 aliphatic carbocycles. The van der Waals surface area contributed by atoms with E-state index in [1.807, 2.05) is 0 Å². The lowest BCUT2D eigenvalue weighted by molar-refractivity contribution is 0.632. The fourth-order valence-corrected chi connectivity index (χ4v) is 1.29. The van der Waals surface area contributed by atoms with Crippen LogP contribution in [0.25, 0.3) is 0 Å². The predicted molar refractivity (Wildman–Crippen MR) is 41.5 cm³/mol. The molecule has 0 fully saturated rings. The summed E-state index contributed by atoms with van der Waals surface area (Å²) in [6, 6.07) is 0. The molecule has 0 N–H and O–H groups in total. The Labute approximate surface area is 58.0 Å². The first-order valence-corrected chi connectivity index (χ1v) is 4.15. The molecule has 0 unspecified atom stereocenters. The van der Waals surface area contributed by atoms with Crippen LogP contribution in [-0.2, 0) is 0 Å². The highest BCUT2D eigenvalue weighted by Gasteiger charge is 1.90. The Balaban J connectivity index is 2.15. The Morgan fingerprint density at radius 1 is 0.556 bits per heavy atom. The minimum Gasteiger partial charge on any atom is -0.0885 e. The molecule has 0 atom stereocenters. The van der Waals surface area contributed by atoms with Crippen molar-refractivity contribution in [2.45, 2.75) is 44.9 Å². The van der Waals surface area contributed by atoms with Gasteiger partial charge in [-0.3, -0.25) is 0 Å². The molecule has 0 radical (unpaired) electrons. The normalized spacial score (nSPS) is 22.2. The Morgan fingerprint density at radius 3 is 1.56 bits per heavy atom. The molecule has 0 bridgehead atoms. The standard InChI is InChI=1S/C9H16/c1-2-4-6-8-9-7-5-3-1/h1-2H,3-9H2. The fourth-order valence-electron chi connectivity index (χ4n) is 1.29. The maximum Gasteiger partial charge on any atom is -0.0351 e. The van der Waals surface area contributed by atoms with E-state index in [0.29, 0.717) is 0 Å². The van der Waals surface area contributed by atoms with E-state index in [9.17, 15) is 0 Å². The van der Waals surface area contributed by atoms with Crippen LogP contribution in [-0.4, -0.2) is 0 Å². The second-order valence-electron chi connectivity index (χ2n) is 2.82. The van der Waals surface area contributed by atoms with Crippen LogP contribution in [0, 0.1) is 0 Å². The molecule has 0 heteroatoms. The second kappa shape index (κ2) is 4.60. The van der Waals surface area contributed by atoms with Gasteiger partial charge in [-0.2, -0.15) is 0 Å². The fraction of sp³-hybridized carbons (Fsp3) is 0.778. The quantitative estimate of drug-likeness (QED) is 0.435. The van der Waals surface area contributed by atoms with Crippen molar-refractivity contribution in [3.8, 4) is 0 Å². The molecule has 52 valence electrons. The van der Waals surface area contributed by atoms with Gasteiger partial charge in [-0.1, -0.05) is 31.4 Å². The van der Waals surface area contributed by atoms with Crippen molar-refractivity contribution in [3.05, 3.63) is 12.2 Å². The van der Waals surface area contributed by atoms with Crippen molar-refractivity contribution < 1.29 is 0 Å². The summed E-state index contributed by atoms with van der Waals surface area (Å²) in [4.78, 5) is 0. The summed E-state index contributed by atoms with van der Waals surface area (Å²) in [6.07, 6.45) is 14.5. The first-order valence-electron chi connectivity index (χ1n) is 4.15. The van der Waals surface area contributed by atoms with Crippen LogP contribution in [0.4, 0.5) is 0 Å². The zero-order valence-electron chi connectivity index (χ0n) is 6.10. The number of hydrogen-bond acceptors (Lipinski definition) is 0. The van der Waals surface area contributed by atoms with E-state index in [0.717, 1.165) is 0 Å². The highest BCUT2D eigenvalue weighted by molar-refractivity contribution is 4.82. The summed E-state index contributed by atoms with van der Waals surface area (Å²) >= 11 is 0. The summed E-state index contributed by atoms with van der Waals surface area (Å²) in [5.41, 5.74) is 0. The number of hydrogen-bond donors (Lipinski definition) is 0. The smallest absolute Gasteiger partial charge is 0.0351 e. The van der Waals surface area contributed by atoms with E-state index in [2.05, 4.69) is 12.2 Å². The molecule has 0 aromatic heterocycles. The third-order valence-corrected chi connectivity index (χ3v) is 1.91. The van der Waals surface area contributed by atoms with Gasteiger partial charge in [0.1, 0.15) is 0 Å². The zero-order chi connectivity index (χ0) is 6.36. The van der Waals surface area contributed by atoms with Crippen molar-refractivity contribution in [1.29, 1.82) is 0 Å². The highest BCUT2D eigenvalue weighted by Crippen LogP contribution is 2.10. The van der Waals surface area contributed by atoms with Crippen molar-refractivity contribution in [1.82, 2.24) is 0 Å². The lowest BCUT2D eigenvalue weighted by atomic mass is 10.1. The van der Waals surface area contributed by atoms with Crippen molar-refractivity contribution in [3.63, 3.8) is 0 Å². The van der Waals surface area contributed by atoms with Crippen LogP contribution in [0.5, 0.6) is 0 Å². The Bertz CT molecular complexity index is 72.0. The number of rotatable bonds is 0. The Morgan fingerprint density at radius 2 is 1.00 bits per heavy atom. The minimum absolute atomic E-state index is 1.32. The van der Waals surface area contributed by atoms with Crippen LogP contribution in [0.1, 0.15) is 44.9 Å². The molecule has 0 nitrogen and oxygen atoms in total. The van der Waals surface area contributed by atoms with Gasteiger partial charge in [-0.15, -0.1) is 0 Å². The van der Waals surface area contributed by atoms with E-state index in [-0.39, 0.29) is 0 Å². The maximum atomic E-state index is 2.34. The molecular weight excluding hydrogens is 108 g/mol. The van der Waals surface area contributed by atoms with Gasteiger partial charge in [0.05, 0.1) is 0 Å². The van der Waals surface area contributed by atoms with Gasteiger partial charge < -0.3 is 0 Å². The topological polar surface area (TPSA) is 0 Å². The van der Waals surface area contributed by atoms with Gasteiger partial charge in [-0.05, 0) is 25.7 Å². The first-order chi connectivity index (χ1) is 4.50. The molecule has 9 heavy (non-hydrogen) atoms. The lowest BCUT2D eigenvalue weighted by Gasteiger charge is -1.93. The summed E-state index contributed by atoms with van der Waals surface area (Å²) in [7, 11) is 0. The number of allylic oxidation sites excluding steroid dienone is 2. The monoisotopic (exact) mass is 124 g/mol. The average molecular weight is 124 g/mol. The van der Waals surface area contributed by atoms with Gasteiger partial charge in [-0.25, -0.2) is 0 Å². The van der Waals surface area contributed by atoms with E-state index in [4.69, 9.17) is 0 Å². The SMILES string of the molecule is C1=CCCCCCCC1. The van der Waals surface area contributed by atoms with Gasteiger partial charge in [0.2, 0.25) is 0 Å². The first kappa shape index (κ1) is 6.85. The van der Waals surface area contributed by atoms with Crippen molar-refractivity contribution in [2.75, 3.05) is 0 Å². The third kappa shape index (κ3) is 3.34. The zero-order valence-corrected chi connectivity index (χ0v) is 6.10. The van der Waals surface area contributed by atoms with Crippen LogP contribution in [0.15, 0.2) is 12.2 Å². The predicted octanol–water partition coefficient (Wildman–Crippen LogP) is 3.29. The van der Waals surface area contributed by atoms with Crippen LogP contribution >= 0.6 is 0 Å². The third-order valence-electron chi connectivity index (χ3n) is 1.91. The summed E-state index contributed by atoms with van der Waals surface area (Å²) in [5, 5.41) is 0. The van der Waals surface area contributed by atoms with Gasteiger partial charge >= 0.3 is 0 Å². The molecule has 0 aromatic rings. The molecule has 0 saturated carbocycles. The van der Waals surface area contributed by atoms with E-state index in [1.165, 1.54) is 44.9 Å². The maximum absolute atomic E-state index is 2.34. The molecule has 0 saturated heterocycles. The van der Waals surface area contributed by atoms with E-state index < -0.39 is 0 Å². The van der Waals surface area contributed by atoms with E-state index >= 15 is 0 Å². The van der Waals surface area contributed by atoms with Crippen LogP contribution in [0.2, 0.25) is 0 Å². The highest BCUT2D eigenvalue weighted by atomic mass is 14.0. The summed E-state index contributed by atoms with van der Waals surface area (Å²) < 4.78 is 0. The lowest BCUT2D eigenvalue weighted by Crippen LogP contribution is -1.74. The molecule has 0 spiro atoms. The Kier molecular flexibility index (Phi) is 3.51. The summed E-state index contributed by atoms with van der Waals surface area (Å²) in [6.45, 7) is 0. The van der Waals surface area contributed by atoms with Crippen LogP contribution < -0.4 is 0 Å². The van der Waals surface area contributed by atoms with Gasteiger partial charge in [0.15, 0.2) is 0 Å². The molecular formula is C9H16. The van der Waals surface area contributed by atoms with E-state index in [1.54, 1.807) is 0 Å². The molecule has 1 rings (SSSR count). The Hall–Kier alpha value is -0.260. The van der Waals surface area contributed by atoms with Crippen LogP contribution in [0.3, 0.4) is 0 Å². The molecule has 0 amide bonds. The van der Waals surface area contributed by atoms with Gasteiger partial charge in [0.25, 0.3) is 0 Å². The van der Waals surface area contributed by atoms with Crippen molar-refractivity contribution >= 4 is 0 Å². The molecule has 0 aromatic carbocycles. The molecule has 1 aliphatic rings. The molecule has 0 aliphatic heterocycles. The summed E-state index contributed by atoms with van der Waals surface area (Å²) in [5.74, 6) is 0. The minimum atomic E-state index is 1.32. The second-order valence-corrected chi connectivity index (χ2v) is 2.82. The van der Waals surface area contributed by atoms with Crippen molar-refractivity contribution in [2.24, 2.45) is 0 Å². The molecule has 0 heterocycles. The van der Waals surface area contributed by atoms with Gasteiger partial charge in [0, 0.05) is 0 Å². The average Bonchev–Trinajstić information content (AvgIpc) is 2.00.